The van der Waals surface area contributed by atoms with Crippen LogP contribution in [0.5, 0.6) is 0 Å². The van der Waals surface area contributed by atoms with Crippen LogP contribution in [0.3, 0.4) is 0 Å². The average molecular weight is 244 g/mol. The van der Waals surface area contributed by atoms with Crippen LogP contribution in [0.2, 0.25) is 0 Å². The summed E-state index contributed by atoms with van der Waals surface area (Å²) in [5.74, 6) is -0.540. The number of carbonyl (C=O) groups is 1. The molecule has 70 valence electrons. The molecule has 0 spiro atoms. The van der Waals surface area contributed by atoms with Crippen molar-refractivity contribution in [3.8, 4) is 0 Å². The minimum Gasteiger partial charge on any atom is -0.469 e. The fourth-order valence-corrected chi connectivity index (χ4v) is 1.62. The summed E-state index contributed by atoms with van der Waals surface area (Å²) in [6.07, 6.45) is 1.66. The molecule has 0 aliphatic heterocycles. The third kappa shape index (κ3) is 2.28. The lowest BCUT2D eigenvalue weighted by molar-refractivity contribution is -0.142. The Morgan fingerprint density at radius 1 is 1.69 bits per heavy atom. The Hall–Kier alpha value is -0.900. The second-order valence-electron chi connectivity index (χ2n) is 2.63. The summed E-state index contributed by atoms with van der Waals surface area (Å²) in [6.45, 7) is 1.79. The van der Waals surface area contributed by atoms with Gasteiger partial charge in [0, 0.05) is 6.20 Å². The van der Waals surface area contributed by atoms with Gasteiger partial charge in [-0.15, -0.1) is 0 Å². The van der Waals surface area contributed by atoms with Gasteiger partial charge >= 0.3 is 5.97 Å². The van der Waals surface area contributed by atoms with E-state index in [9.17, 15) is 4.79 Å². The lowest BCUT2D eigenvalue weighted by Gasteiger charge is -2.09. The number of rotatable bonds is 2. The number of esters is 1. The molecule has 0 aliphatic carbocycles. The molecule has 1 atom stereocenters. The van der Waals surface area contributed by atoms with E-state index >= 15 is 0 Å². The van der Waals surface area contributed by atoms with E-state index in [1.54, 1.807) is 19.2 Å². The van der Waals surface area contributed by atoms with Crippen molar-refractivity contribution in [2.45, 2.75) is 12.8 Å². The van der Waals surface area contributed by atoms with Crippen molar-refractivity contribution in [2.24, 2.45) is 0 Å². The Morgan fingerprint density at radius 2 is 2.38 bits per heavy atom. The molecule has 0 radical (unpaired) electrons. The van der Waals surface area contributed by atoms with E-state index in [1.165, 1.54) is 7.11 Å². The molecule has 1 aromatic heterocycles. The zero-order valence-corrected chi connectivity index (χ0v) is 9.04. The number of nitrogens with zero attached hydrogens (tertiary/aromatic N) is 1. The number of ether oxygens (including phenoxy) is 1. The number of hydrogen-bond donors (Lipinski definition) is 0. The minimum absolute atomic E-state index is 0.256. The molecular formula is C9H10BrNO2. The van der Waals surface area contributed by atoms with Crippen LogP contribution in [0.25, 0.3) is 0 Å². The predicted molar refractivity (Wildman–Crippen MR) is 52.4 cm³/mol. The van der Waals surface area contributed by atoms with Gasteiger partial charge < -0.3 is 4.74 Å². The highest BCUT2D eigenvalue weighted by Crippen LogP contribution is 2.23. The van der Waals surface area contributed by atoms with Gasteiger partial charge in [-0.25, -0.2) is 4.98 Å². The molecule has 0 aliphatic rings. The number of hydrogen-bond acceptors (Lipinski definition) is 3. The SMILES string of the molecule is COC(=O)C(C)c1cccnc1Br. The summed E-state index contributed by atoms with van der Waals surface area (Å²) >= 11 is 3.28. The van der Waals surface area contributed by atoms with Crippen LogP contribution < -0.4 is 0 Å². The van der Waals surface area contributed by atoms with Crippen LogP contribution in [-0.2, 0) is 9.53 Å². The standard InChI is InChI=1S/C9H10BrNO2/c1-6(9(12)13-2)7-4-3-5-11-8(7)10/h3-6H,1-2H3. The van der Waals surface area contributed by atoms with Crippen LogP contribution in [0, 0.1) is 0 Å². The molecule has 1 heterocycles. The first-order valence-electron chi connectivity index (χ1n) is 3.85. The van der Waals surface area contributed by atoms with Crippen LogP contribution in [0.15, 0.2) is 22.9 Å². The molecule has 1 aromatic rings. The van der Waals surface area contributed by atoms with Crippen molar-refractivity contribution in [1.29, 1.82) is 0 Å². The molecular weight excluding hydrogens is 234 g/mol. The first-order valence-corrected chi connectivity index (χ1v) is 4.64. The highest BCUT2D eigenvalue weighted by molar-refractivity contribution is 9.10. The molecule has 1 rings (SSSR count). The van der Waals surface area contributed by atoms with Crippen molar-refractivity contribution in [3.63, 3.8) is 0 Å². The Labute approximate surface area is 85.3 Å². The number of pyridine rings is 1. The monoisotopic (exact) mass is 243 g/mol. The summed E-state index contributed by atoms with van der Waals surface area (Å²) in [4.78, 5) is 15.2. The first-order chi connectivity index (χ1) is 6.16. The summed E-state index contributed by atoms with van der Waals surface area (Å²) in [5.41, 5.74) is 0.842. The second-order valence-corrected chi connectivity index (χ2v) is 3.38. The Kier molecular flexibility index (Phi) is 3.42. The maximum Gasteiger partial charge on any atom is 0.312 e. The fourth-order valence-electron chi connectivity index (χ4n) is 1.03. The third-order valence-corrected chi connectivity index (χ3v) is 2.47. The molecule has 3 nitrogen and oxygen atoms in total. The van der Waals surface area contributed by atoms with Gasteiger partial charge in [0.15, 0.2) is 0 Å². The molecule has 0 bridgehead atoms. The molecule has 0 fully saturated rings. The van der Waals surface area contributed by atoms with Crippen molar-refractivity contribution in [1.82, 2.24) is 4.98 Å². The van der Waals surface area contributed by atoms with Crippen molar-refractivity contribution >= 4 is 21.9 Å². The van der Waals surface area contributed by atoms with Crippen LogP contribution in [-0.4, -0.2) is 18.1 Å². The van der Waals surface area contributed by atoms with E-state index in [-0.39, 0.29) is 11.9 Å². The second kappa shape index (κ2) is 4.37. The van der Waals surface area contributed by atoms with Crippen LogP contribution in [0.1, 0.15) is 18.4 Å². The molecule has 0 saturated carbocycles. The highest BCUT2D eigenvalue weighted by Gasteiger charge is 2.18. The average Bonchev–Trinajstić information content (AvgIpc) is 2.16. The largest absolute Gasteiger partial charge is 0.469 e. The predicted octanol–water partition coefficient (Wildman–Crippen LogP) is 2.12. The molecule has 0 saturated heterocycles. The summed E-state index contributed by atoms with van der Waals surface area (Å²) in [5, 5.41) is 0. The number of aromatic nitrogens is 1. The third-order valence-electron chi connectivity index (χ3n) is 1.81. The van der Waals surface area contributed by atoms with E-state index in [0.717, 1.165) is 5.56 Å². The summed E-state index contributed by atoms with van der Waals surface area (Å²) in [6, 6.07) is 3.64. The Morgan fingerprint density at radius 3 is 2.92 bits per heavy atom. The molecule has 1 unspecified atom stereocenters. The molecule has 4 heteroatoms. The van der Waals surface area contributed by atoms with Crippen molar-refractivity contribution in [2.75, 3.05) is 7.11 Å². The molecule has 13 heavy (non-hydrogen) atoms. The number of halogens is 1. The van der Waals surface area contributed by atoms with Crippen molar-refractivity contribution in [3.05, 3.63) is 28.5 Å². The smallest absolute Gasteiger partial charge is 0.312 e. The van der Waals surface area contributed by atoms with Gasteiger partial charge in [0.05, 0.1) is 13.0 Å². The topological polar surface area (TPSA) is 39.2 Å². The summed E-state index contributed by atoms with van der Waals surface area (Å²) < 4.78 is 5.32. The highest BCUT2D eigenvalue weighted by atomic mass is 79.9. The molecule has 0 N–H and O–H groups in total. The van der Waals surface area contributed by atoms with E-state index in [0.29, 0.717) is 4.60 Å². The van der Waals surface area contributed by atoms with Gasteiger partial charge in [0.25, 0.3) is 0 Å². The van der Waals surface area contributed by atoms with E-state index < -0.39 is 0 Å². The van der Waals surface area contributed by atoms with Gasteiger partial charge in [0.1, 0.15) is 4.60 Å². The maximum atomic E-state index is 11.2. The van der Waals surface area contributed by atoms with E-state index in [2.05, 4.69) is 25.7 Å². The van der Waals surface area contributed by atoms with Gasteiger partial charge in [-0.1, -0.05) is 6.07 Å². The first kappa shape index (κ1) is 10.2. The van der Waals surface area contributed by atoms with Crippen LogP contribution in [0.4, 0.5) is 0 Å². The van der Waals surface area contributed by atoms with Gasteiger partial charge in [0.2, 0.25) is 0 Å². The van der Waals surface area contributed by atoms with Gasteiger partial charge in [-0.3, -0.25) is 4.79 Å². The summed E-state index contributed by atoms with van der Waals surface area (Å²) in [7, 11) is 1.38. The minimum atomic E-state index is -0.284. The zero-order chi connectivity index (χ0) is 9.84. The maximum absolute atomic E-state index is 11.2. The van der Waals surface area contributed by atoms with Crippen LogP contribution >= 0.6 is 15.9 Å². The number of carbonyl (C=O) groups excluding carboxylic acids is 1. The zero-order valence-electron chi connectivity index (χ0n) is 7.45. The quantitative estimate of drug-likeness (QED) is 0.590. The normalized spacial score (nSPS) is 12.2. The Bertz CT molecular complexity index is 314. The number of methoxy groups -OCH3 is 1. The Balaban J connectivity index is 2.95. The van der Waals surface area contributed by atoms with Gasteiger partial charge in [-0.2, -0.15) is 0 Å². The molecule has 0 aromatic carbocycles. The van der Waals surface area contributed by atoms with Crippen molar-refractivity contribution < 1.29 is 9.53 Å². The lowest BCUT2D eigenvalue weighted by Crippen LogP contribution is -2.11. The van der Waals surface area contributed by atoms with E-state index in [4.69, 9.17) is 0 Å². The molecule has 0 amide bonds. The van der Waals surface area contributed by atoms with Gasteiger partial charge in [-0.05, 0) is 34.5 Å². The lowest BCUT2D eigenvalue weighted by atomic mass is 10.0. The van der Waals surface area contributed by atoms with E-state index in [1.807, 2.05) is 6.07 Å². The fraction of sp³-hybridized carbons (Fsp3) is 0.333.